The molecule has 2 heterocycles. The van der Waals surface area contributed by atoms with Gasteiger partial charge in [-0.2, -0.15) is 13.2 Å². The minimum Gasteiger partial charge on any atom is -0.347 e. The van der Waals surface area contributed by atoms with Crippen LogP contribution in [0.25, 0.3) is 0 Å². The van der Waals surface area contributed by atoms with Crippen LogP contribution in [0.4, 0.5) is 18.3 Å². The Bertz CT molecular complexity index is 580. The van der Waals surface area contributed by atoms with Crippen molar-refractivity contribution < 1.29 is 13.2 Å². The van der Waals surface area contributed by atoms with Crippen LogP contribution in [-0.4, -0.2) is 18.1 Å². The molecule has 1 atom stereocenters. The van der Waals surface area contributed by atoms with E-state index in [2.05, 4.69) is 17.1 Å². The van der Waals surface area contributed by atoms with E-state index in [1.165, 1.54) is 5.56 Å². The van der Waals surface area contributed by atoms with Gasteiger partial charge >= 0.3 is 6.18 Å². The molecule has 6 heteroatoms. The minimum atomic E-state index is -4.30. The summed E-state index contributed by atoms with van der Waals surface area (Å²) in [5, 5.41) is 0.468. The monoisotopic (exact) mass is 298 g/mol. The van der Waals surface area contributed by atoms with Gasteiger partial charge in [0.15, 0.2) is 5.13 Å². The van der Waals surface area contributed by atoms with Crippen molar-refractivity contribution in [1.29, 1.82) is 0 Å². The molecule has 0 radical (unpaired) electrons. The molecule has 1 aliphatic heterocycles. The Balaban J connectivity index is 1.73. The Kier molecular flexibility index (Phi) is 3.41. The second-order valence-corrected chi connectivity index (χ2v) is 5.86. The third-order valence-electron chi connectivity index (χ3n) is 3.50. The van der Waals surface area contributed by atoms with Crippen molar-refractivity contribution in [1.82, 2.24) is 4.98 Å². The maximum Gasteiger partial charge on any atom is 0.427 e. The molecule has 1 saturated heterocycles. The maximum atomic E-state index is 12.6. The summed E-state index contributed by atoms with van der Waals surface area (Å²) >= 11 is 0.724. The molecule has 1 fully saturated rings. The van der Waals surface area contributed by atoms with E-state index >= 15 is 0 Å². The number of nitrogens with zero attached hydrogens (tertiary/aromatic N) is 2. The summed E-state index contributed by atoms with van der Waals surface area (Å²) in [6, 6.07) is 10.1. The highest BCUT2D eigenvalue weighted by Crippen LogP contribution is 2.38. The summed E-state index contributed by atoms with van der Waals surface area (Å²) < 4.78 is 37.7. The van der Waals surface area contributed by atoms with Crippen LogP contribution in [0.3, 0.4) is 0 Å². The lowest BCUT2D eigenvalue weighted by Crippen LogP contribution is -2.18. The molecule has 0 aliphatic carbocycles. The smallest absolute Gasteiger partial charge is 0.347 e. The van der Waals surface area contributed by atoms with Crippen molar-refractivity contribution in [3.8, 4) is 0 Å². The number of aromatic nitrogens is 1. The molecule has 0 saturated carbocycles. The van der Waals surface area contributed by atoms with Gasteiger partial charge in [-0.1, -0.05) is 41.7 Å². The highest BCUT2D eigenvalue weighted by molar-refractivity contribution is 7.15. The van der Waals surface area contributed by atoms with E-state index in [9.17, 15) is 13.2 Å². The summed E-state index contributed by atoms with van der Waals surface area (Å²) in [4.78, 5) is 5.23. The summed E-state index contributed by atoms with van der Waals surface area (Å²) in [5.74, 6) is 0.370. The molecule has 1 aromatic carbocycles. The Labute approximate surface area is 118 Å². The first kappa shape index (κ1) is 13.4. The second kappa shape index (κ2) is 5.09. The van der Waals surface area contributed by atoms with Crippen LogP contribution in [0.15, 0.2) is 36.5 Å². The average molecular weight is 298 g/mol. The summed E-state index contributed by atoms with van der Waals surface area (Å²) in [6.07, 6.45) is -2.42. The molecule has 1 unspecified atom stereocenters. The molecule has 3 rings (SSSR count). The van der Waals surface area contributed by atoms with Crippen LogP contribution in [0, 0.1) is 0 Å². The van der Waals surface area contributed by atoms with Gasteiger partial charge in [0.05, 0.1) is 6.20 Å². The first-order chi connectivity index (χ1) is 9.54. The lowest BCUT2D eigenvalue weighted by atomic mass is 9.99. The minimum absolute atomic E-state index is 0.370. The van der Waals surface area contributed by atoms with Crippen molar-refractivity contribution >= 4 is 16.5 Å². The van der Waals surface area contributed by atoms with E-state index in [1.54, 1.807) is 0 Å². The zero-order valence-corrected chi connectivity index (χ0v) is 11.4. The average Bonchev–Trinajstić information content (AvgIpc) is 3.08. The molecule has 106 valence electrons. The number of rotatable bonds is 2. The van der Waals surface area contributed by atoms with Gasteiger partial charge in [0.25, 0.3) is 0 Å². The van der Waals surface area contributed by atoms with Crippen LogP contribution in [0.2, 0.25) is 0 Å². The Morgan fingerprint density at radius 2 is 1.95 bits per heavy atom. The highest BCUT2D eigenvalue weighted by atomic mass is 32.1. The molecule has 0 bridgehead atoms. The normalized spacial score (nSPS) is 19.6. The number of hydrogen-bond acceptors (Lipinski definition) is 3. The lowest BCUT2D eigenvalue weighted by molar-refractivity contribution is -0.134. The Morgan fingerprint density at radius 3 is 2.60 bits per heavy atom. The van der Waals surface area contributed by atoms with E-state index in [4.69, 9.17) is 0 Å². The van der Waals surface area contributed by atoms with Gasteiger partial charge in [-0.15, -0.1) is 0 Å². The molecular weight excluding hydrogens is 285 g/mol. The van der Waals surface area contributed by atoms with Gasteiger partial charge < -0.3 is 4.90 Å². The van der Waals surface area contributed by atoms with Crippen molar-refractivity contribution in [2.45, 2.75) is 18.5 Å². The zero-order valence-electron chi connectivity index (χ0n) is 10.6. The third-order valence-corrected chi connectivity index (χ3v) is 4.61. The molecule has 1 aliphatic rings. The number of hydrogen-bond donors (Lipinski definition) is 0. The Hall–Kier alpha value is -1.56. The SMILES string of the molecule is FC(F)(F)c1cnc(N2CCC(c3ccccc3)C2)s1. The predicted molar refractivity (Wildman–Crippen MR) is 73.1 cm³/mol. The maximum absolute atomic E-state index is 12.6. The fourth-order valence-electron chi connectivity index (χ4n) is 2.47. The second-order valence-electron chi connectivity index (χ2n) is 4.85. The van der Waals surface area contributed by atoms with Crippen molar-refractivity contribution in [2.75, 3.05) is 18.0 Å². The van der Waals surface area contributed by atoms with E-state index in [0.717, 1.165) is 37.0 Å². The van der Waals surface area contributed by atoms with Gasteiger partial charge in [0, 0.05) is 19.0 Å². The summed E-state index contributed by atoms with van der Waals surface area (Å²) in [6.45, 7) is 1.49. The molecule has 1 aromatic heterocycles. The first-order valence-electron chi connectivity index (χ1n) is 6.37. The molecule has 0 amide bonds. The predicted octanol–water partition coefficient (Wildman–Crippen LogP) is 4.16. The van der Waals surface area contributed by atoms with Crippen LogP contribution in [0.1, 0.15) is 22.8 Å². The first-order valence-corrected chi connectivity index (χ1v) is 7.18. The fraction of sp³-hybridized carbons (Fsp3) is 0.357. The van der Waals surface area contributed by atoms with E-state index in [-0.39, 0.29) is 0 Å². The van der Waals surface area contributed by atoms with Gasteiger partial charge in [0.2, 0.25) is 0 Å². The van der Waals surface area contributed by atoms with Gasteiger partial charge in [-0.3, -0.25) is 0 Å². The van der Waals surface area contributed by atoms with Crippen LogP contribution >= 0.6 is 11.3 Å². The van der Waals surface area contributed by atoms with Crippen LogP contribution in [0.5, 0.6) is 0 Å². The standard InChI is InChI=1S/C14H13F3N2S/c15-14(16,17)12-8-18-13(20-12)19-7-6-11(9-19)10-4-2-1-3-5-10/h1-5,8,11H,6-7,9H2. The molecule has 20 heavy (non-hydrogen) atoms. The molecule has 0 spiro atoms. The van der Waals surface area contributed by atoms with Crippen molar-refractivity contribution in [3.05, 3.63) is 47.0 Å². The number of alkyl halides is 3. The van der Waals surface area contributed by atoms with Gasteiger partial charge in [0.1, 0.15) is 4.88 Å². The largest absolute Gasteiger partial charge is 0.427 e. The van der Waals surface area contributed by atoms with Gasteiger partial charge in [-0.05, 0) is 12.0 Å². The topological polar surface area (TPSA) is 16.1 Å². The molecule has 2 aromatic rings. The van der Waals surface area contributed by atoms with E-state index < -0.39 is 11.1 Å². The Morgan fingerprint density at radius 1 is 1.20 bits per heavy atom. The zero-order chi connectivity index (χ0) is 14.2. The quantitative estimate of drug-likeness (QED) is 0.828. The van der Waals surface area contributed by atoms with Gasteiger partial charge in [-0.25, -0.2) is 4.98 Å². The number of benzene rings is 1. The summed E-state index contributed by atoms with van der Waals surface area (Å²) in [7, 11) is 0. The van der Waals surface area contributed by atoms with Crippen molar-refractivity contribution in [2.24, 2.45) is 0 Å². The summed E-state index contributed by atoms with van der Waals surface area (Å²) in [5.41, 5.74) is 1.24. The molecule has 2 nitrogen and oxygen atoms in total. The van der Waals surface area contributed by atoms with Crippen molar-refractivity contribution in [3.63, 3.8) is 0 Å². The third kappa shape index (κ3) is 2.65. The fourth-order valence-corrected chi connectivity index (χ4v) is 3.29. The highest BCUT2D eigenvalue weighted by Gasteiger charge is 2.35. The van der Waals surface area contributed by atoms with E-state index in [1.807, 2.05) is 23.1 Å². The van der Waals surface area contributed by atoms with Crippen LogP contribution < -0.4 is 4.90 Å². The lowest BCUT2D eigenvalue weighted by Gasteiger charge is -2.15. The molecular formula is C14H13F3N2S. The number of anilines is 1. The number of thiazole rings is 1. The number of halogens is 3. The molecule has 0 N–H and O–H groups in total. The van der Waals surface area contributed by atoms with E-state index in [0.29, 0.717) is 11.0 Å². The van der Waals surface area contributed by atoms with Crippen LogP contribution in [-0.2, 0) is 6.18 Å².